The van der Waals surface area contributed by atoms with Crippen LogP contribution in [0.3, 0.4) is 0 Å². The minimum atomic E-state index is -0.498. The second-order valence-corrected chi connectivity index (χ2v) is 5.16. The van der Waals surface area contributed by atoms with Gasteiger partial charge in [-0.2, -0.15) is 9.61 Å². The summed E-state index contributed by atoms with van der Waals surface area (Å²) in [6.45, 7) is 4.32. The normalized spacial score (nSPS) is 11.2. The monoisotopic (exact) mass is 301 g/mol. The molecule has 0 bridgehead atoms. The Bertz CT molecular complexity index is 874. The van der Waals surface area contributed by atoms with Gasteiger partial charge in [0.25, 0.3) is 17.2 Å². The largest absolute Gasteiger partial charge is 0.346 e. The van der Waals surface area contributed by atoms with Crippen molar-refractivity contribution in [2.24, 2.45) is 0 Å². The van der Waals surface area contributed by atoms with Crippen LogP contribution in [0.2, 0.25) is 0 Å². The summed E-state index contributed by atoms with van der Waals surface area (Å²) < 4.78 is 1.11. The molecule has 0 aromatic carbocycles. The van der Waals surface area contributed by atoms with Crippen LogP contribution in [0.1, 0.15) is 41.5 Å². The van der Waals surface area contributed by atoms with Gasteiger partial charge in [-0.3, -0.25) is 19.8 Å². The second kappa shape index (κ2) is 5.43. The Balaban J connectivity index is 1.75. The molecular weight excluding hydrogens is 286 g/mol. The molecule has 0 spiro atoms. The fraction of sp³-hybridized carbons (Fsp3) is 0.308. The number of H-pyrrole nitrogens is 2. The molecule has 0 aliphatic carbocycles. The van der Waals surface area contributed by atoms with Crippen LogP contribution in [0.25, 0.3) is 5.78 Å². The van der Waals surface area contributed by atoms with E-state index >= 15 is 0 Å². The Labute approximate surface area is 124 Å². The number of amides is 1. The van der Waals surface area contributed by atoms with Gasteiger partial charge in [-0.05, 0) is 12.0 Å². The number of hydrogen-bond acceptors (Lipinski definition) is 5. The summed E-state index contributed by atoms with van der Waals surface area (Å²) in [4.78, 5) is 32.0. The van der Waals surface area contributed by atoms with Crippen LogP contribution in [0.4, 0.5) is 0 Å². The summed E-state index contributed by atoms with van der Waals surface area (Å²) in [6.07, 6.45) is 2.56. The molecule has 3 rings (SSSR count). The van der Waals surface area contributed by atoms with Crippen molar-refractivity contribution in [3.05, 3.63) is 45.9 Å². The Morgan fingerprint density at radius 1 is 1.41 bits per heavy atom. The smallest absolute Gasteiger partial charge is 0.286 e. The number of fused-ring (bicyclic) bond motifs is 1. The first-order chi connectivity index (χ1) is 10.6. The van der Waals surface area contributed by atoms with Gasteiger partial charge in [-0.15, -0.1) is 0 Å². The molecule has 3 N–H and O–H groups in total. The SMILES string of the molecule is CC(C)c1cc(CNC(=O)c2cnc3nc[nH]n3c2=O)[nH]n1. The summed E-state index contributed by atoms with van der Waals surface area (Å²) in [5.74, 6) is 0.0243. The third-order valence-electron chi connectivity index (χ3n) is 3.24. The lowest BCUT2D eigenvalue weighted by molar-refractivity contribution is 0.0948. The Kier molecular flexibility index (Phi) is 3.45. The van der Waals surface area contributed by atoms with E-state index in [4.69, 9.17) is 0 Å². The second-order valence-electron chi connectivity index (χ2n) is 5.16. The van der Waals surface area contributed by atoms with E-state index in [1.165, 1.54) is 12.5 Å². The molecule has 0 atom stereocenters. The van der Waals surface area contributed by atoms with E-state index in [-0.39, 0.29) is 17.9 Å². The van der Waals surface area contributed by atoms with E-state index in [0.717, 1.165) is 15.9 Å². The van der Waals surface area contributed by atoms with Gasteiger partial charge in [-0.25, -0.2) is 9.97 Å². The van der Waals surface area contributed by atoms with Crippen molar-refractivity contribution in [2.45, 2.75) is 26.3 Å². The number of nitrogens with one attached hydrogen (secondary N) is 3. The van der Waals surface area contributed by atoms with Gasteiger partial charge < -0.3 is 5.32 Å². The van der Waals surface area contributed by atoms with Gasteiger partial charge in [0.1, 0.15) is 11.9 Å². The molecule has 3 heterocycles. The average Bonchev–Trinajstić information content (AvgIpc) is 3.14. The third-order valence-corrected chi connectivity index (χ3v) is 3.24. The molecule has 3 aromatic heterocycles. The zero-order valence-corrected chi connectivity index (χ0v) is 12.1. The predicted molar refractivity (Wildman–Crippen MR) is 77.5 cm³/mol. The number of rotatable bonds is 4. The molecule has 9 nitrogen and oxygen atoms in total. The molecule has 9 heteroatoms. The Hall–Kier alpha value is -2.97. The number of carbonyl (C=O) groups excluding carboxylic acids is 1. The van der Waals surface area contributed by atoms with Crippen molar-refractivity contribution in [3.8, 4) is 0 Å². The van der Waals surface area contributed by atoms with Crippen LogP contribution in [-0.2, 0) is 6.54 Å². The van der Waals surface area contributed by atoms with Crippen molar-refractivity contribution >= 4 is 11.7 Å². The lowest BCUT2D eigenvalue weighted by atomic mass is 10.1. The van der Waals surface area contributed by atoms with Crippen molar-refractivity contribution in [2.75, 3.05) is 0 Å². The number of hydrogen-bond donors (Lipinski definition) is 3. The molecule has 22 heavy (non-hydrogen) atoms. The summed E-state index contributed by atoms with van der Waals surface area (Å²) >= 11 is 0. The maximum absolute atomic E-state index is 12.1. The van der Waals surface area contributed by atoms with Crippen molar-refractivity contribution < 1.29 is 4.79 Å². The van der Waals surface area contributed by atoms with Crippen molar-refractivity contribution in [1.82, 2.24) is 35.1 Å². The lowest BCUT2D eigenvalue weighted by Crippen LogP contribution is -2.31. The summed E-state index contributed by atoms with van der Waals surface area (Å²) in [5.41, 5.74) is 1.15. The maximum Gasteiger partial charge on any atom is 0.286 e. The van der Waals surface area contributed by atoms with E-state index < -0.39 is 11.5 Å². The Morgan fingerprint density at radius 3 is 2.95 bits per heavy atom. The van der Waals surface area contributed by atoms with Crippen LogP contribution in [0.5, 0.6) is 0 Å². The molecule has 0 aliphatic rings. The highest BCUT2D eigenvalue weighted by Crippen LogP contribution is 2.11. The highest BCUT2D eigenvalue weighted by Gasteiger charge is 2.14. The topological polar surface area (TPSA) is 121 Å². The van der Waals surface area contributed by atoms with Crippen LogP contribution >= 0.6 is 0 Å². The van der Waals surface area contributed by atoms with Gasteiger partial charge in [0.15, 0.2) is 0 Å². The van der Waals surface area contributed by atoms with E-state index in [1.54, 1.807) is 0 Å². The van der Waals surface area contributed by atoms with E-state index in [9.17, 15) is 9.59 Å². The zero-order chi connectivity index (χ0) is 15.7. The fourth-order valence-electron chi connectivity index (χ4n) is 1.99. The summed E-state index contributed by atoms with van der Waals surface area (Å²) in [6, 6.07) is 1.88. The molecule has 0 radical (unpaired) electrons. The number of nitrogens with zero attached hydrogens (tertiary/aromatic N) is 4. The Morgan fingerprint density at radius 2 is 2.23 bits per heavy atom. The predicted octanol–water partition coefficient (Wildman–Crippen LogP) is 0.194. The maximum atomic E-state index is 12.1. The first kappa shape index (κ1) is 14.0. The fourth-order valence-corrected chi connectivity index (χ4v) is 1.99. The number of carbonyl (C=O) groups is 1. The van der Waals surface area contributed by atoms with Gasteiger partial charge in [0.05, 0.1) is 17.9 Å². The third kappa shape index (κ3) is 2.48. The summed E-state index contributed by atoms with van der Waals surface area (Å²) in [7, 11) is 0. The molecule has 0 saturated carbocycles. The van der Waals surface area contributed by atoms with E-state index in [1.807, 2.05) is 19.9 Å². The average molecular weight is 301 g/mol. The highest BCUT2D eigenvalue weighted by molar-refractivity contribution is 5.93. The minimum Gasteiger partial charge on any atom is -0.346 e. The van der Waals surface area contributed by atoms with Crippen molar-refractivity contribution in [1.29, 1.82) is 0 Å². The first-order valence-electron chi connectivity index (χ1n) is 6.80. The minimum absolute atomic E-state index is 0.0506. The molecule has 114 valence electrons. The number of aromatic nitrogens is 6. The standard InChI is InChI=1S/C13H15N7O2/c1-7(2)10-3-8(18-19-10)4-14-11(21)9-5-15-13-16-6-17-20(13)12(9)22/h3,5-7H,4H2,1-2H3,(H,14,21)(H,18,19)(H,15,16,17). The van der Waals surface area contributed by atoms with Gasteiger partial charge in [0, 0.05) is 6.20 Å². The van der Waals surface area contributed by atoms with Crippen LogP contribution in [0.15, 0.2) is 23.4 Å². The van der Waals surface area contributed by atoms with Gasteiger partial charge >= 0.3 is 0 Å². The van der Waals surface area contributed by atoms with Crippen molar-refractivity contribution in [3.63, 3.8) is 0 Å². The molecule has 0 aliphatic heterocycles. The van der Waals surface area contributed by atoms with Gasteiger partial charge in [-0.1, -0.05) is 13.8 Å². The summed E-state index contributed by atoms with van der Waals surface area (Å²) in [5, 5.41) is 12.3. The molecule has 0 fully saturated rings. The molecule has 3 aromatic rings. The zero-order valence-electron chi connectivity index (χ0n) is 12.1. The first-order valence-corrected chi connectivity index (χ1v) is 6.80. The molecule has 0 saturated heterocycles. The molecule has 1 amide bonds. The quantitative estimate of drug-likeness (QED) is 0.635. The van der Waals surface area contributed by atoms with E-state index in [2.05, 4.69) is 30.6 Å². The lowest BCUT2D eigenvalue weighted by Gasteiger charge is -2.02. The van der Waals surface area contributed by atoms with Crippen LogP contribution in [-0.4, -0.2) is 35.7 Å². The van der Waals surface area contributed by atoms with Gasteiger partial charge in [0.2, 0.25) is 0 Å². The van der Waals surface area contributed by atoms with Crippen LogP contribution in [0, 0.1) is 0 Å². The van der Waals surface area contributed by atoms with E-state index in [0.29, 0.717) is 5.92 Å². The number of aromatic amines is 2. The molecular formula is C13H15N7O2. The highest BCUT2D eigenvalue weighted by atomic mass is 16.2. The van der Waals surface area contributed by atoms with Crippen LogP contribution < -0.4 is 10.9 Å². The molecule has 0 unspecified atom stereocenters.